The van der Waals surface area contributed by atoms with Gasteiger partial charge in [0, 0.05) is 55.8 Å². The predicted molar refractivity (Wildman–Crippen MR) is 150 cm³/mol. The summed E-state index contributed by atoms with van der Waals surface area (Å²) in [5.41, 5.74) is 2.09. The average Bonchev–Trinajstić information content (AvgIpc) is 3.61. The number of methoxy groups -OCH3 is 1. The van der Waals surface area contributed by atoms with E-state index in [9.17, 15) is 0 Å². The van der Waals surface area contributed by atoms with Gasteiger partial charge >= 0.3 is 0 Å². The van der Waals surface area contributed by atoms with Crippen molar-refractivity contribution in [1.82, 2.24) is 19.8 Å². The molecule has 0 amide bonds. The van der Waals surface area contributed by atoms with Crippen LogP contribution in [0.3, 0.4) is 0 Å². The smallest absolute Gasteiger partial charge is 0.227 e. The molecule has 0 radical (unpaired) electrons. The number of hydrogen-bond acceptors (Lipinski definition) is 7. The van der Waals surface area contributed by atoms with Gasteiger partial charge in [-0.05, 0) is 84.0 Å². The van der Waals surface area contributed by atoms with E-state index in [1.165, 1.54) is 38.8 Å². The third-order valence-corrected chi connectivity index (χ3v) is 8.13. The van der Waals surface area contributed by atoms with Gasteiger partial charge in [-0.2, -0.15) is 4.98 Å². The van der Waals surface area contributed by atoms with Crippen molar-refractivity contribution in [2.45, 2.75) is 70.9 Å². The van der Waals surface area contributed by atoms with E-state index in [1.807, 2.05) is 0 Å². The highest BCUT2D eigenvalue weighted by Gasteiger charge is 2.24. The van der Waals surface area contributed by atoms with Crippen LogP contribution in [0.2, 0.25) is 0 Å². The van der Waals surface area contributed by atoms with E-state index >= 15 is 0 Å². The summed E-state index contributed by atoms with van der Waals surface area (Å²) in [6, 6.07) is 5.36. The number of nitrogens with one attached hydrogen (secondary N) is 1. The van der Waals surface area contributed by atoms with E-state index in [1.54, 1.807) is 7.11 Å². The standard InChI is InChI=1S/C29H44N6O/c1-22(2)34-18-11-24(12-19-34)30-28-25-21-27(36-3)23(10-4-5-13-33-14-6-7-15-33)20-26(25)31-29(32-28)35-16-8-9-17-35/h4,10,20-22,24H,5-9,11-19H2,1-3H3,(H,30,31,32)/b10-4+. The molecule has 0 aliphatic carbocycles. The Morgan fingerprint density at radius 1 is 1.00 bits per heavy atom. The lowest BCUT2D eigenvalue weighted by Gasteiger charge is -2.35. The van der Waals surface area contributed by atoms with Gasteiger partial charge in [0.25, 0.3) is 0 Å². The molecule has 4 heterocycles. The zero-order chi connectivity index (χ0) is 24.9. The second-order valence-electron chi connectivity index (χ2n) is 11.0. The molecule has 1 N–H and O–H groups in total. The topological polar surface area (TPSA) is 56.8 Å². The zero-order valence-electron chi connectivity index (χ0n) is 22.5. The van der Waals surface area contributed by atoms with Crippen LogP contribution in [0.1, 0.15) is 64.4 Å². The number of benzene rings is 1. The Hall–Kier alpha value is -2.38. The summed E-state index contributed by atoms with van der Waals surface area (Å²) in [6.07, 6.45) is 12.9. The van der Waals surface area contributed by atoms with Crippen LogP contribution in [-0.4, -0.2) is 84.8 Å². The van der Waals surface area contributed by atoms with Crippen molar-refractivity contribution in [3.05, 3.63) is 23.8 Å². The Labute approximate surface area is 216 Å². The van der Waals surface area contributed by atoms with Gasteiger partial charge in [-0.15, -0.1) is 0 Å². The summed E-state index contributed by atoms with van der Waals surface area (Å²) >= 11 is 0. The maximum Gasteiger partial charge on any atom is 0.227 e. The molecule has 0 saturated carbocycles. The van der Waals surface area contributed by atoms with Crippen LogP contribution in [-0.2, 0) is 0 Å². The summed E-state index contributed by atoms with van der Waals surface area (Å²) in [6.45, 7) is 12.5. The Bertz CT molecular complexity index is 1030. The Balaban J connectivity index is 1.40. The van der Waals surface area contributed by atoms with E-state index in [0.29, 0.717) is 12.1 Å². The maximum absolute atomic E-state index is 5.84. The predicted octanol–water partition coefficient (Wildman–Crippen LogP) is 5.02. The first-order valence-electron chi connectivity index (χ1n) is 14.1. The van der Waals surface area contributed by atoms with E-state index in [-0.39, 0.29) is 0 Å². The minimum absolute atomic E-state index is 0.431. The number of hydrogen-bond donors (Lipinski definition) is 1. The summed E-state index contributed by atoms with van der Waals surface area (Å²) in [4.78, 5) is 17.6. The van der Waals surface area contributed by atoms with Crippen LogP contribution in [0, 0.1) is 0 Å². The summed E-state index contributed by atoms with van der Waals surface area (Å²) in [5, 5.41) is 4.87. The monoisotopic (exact) mass is 492 g/mol. The van der Waals surface area contributed by atoms with Gasteiger partial charge in [0.05, 0.1) is 12.6 Å². The molecule has 0 spiro atoms. The summed E-state index contributed by atoms with van der Waals surface area (Å²) < 4.78 is 5.84. The van der Waals surface area contributed by atoms with Crippen LogP contribution in [0.25, 0.3) is 17.0 Å². The highest BCUT2D eigenvalue weighted by Crippen LogP contribution is 2.33. The molecule has 3 saturated heterocycles. The molecule has 3 aliphatic heterocycles. The largest absolute Gasteiger partial charge is 0.496 e. The van der Waals surface area contributed by atoms with Crippen molar-refractivity contribution < 1.29 is 4.74 Å². The fraction of sp³-hybridized carbons (Fsp3) is 0.655. The molecular formula is C29H44N6O. The van der Waals surface area contributed by atoms with Crippen molar-refractivity contribution in [3.8, 4) is 5.75 Å². The first kappa shape index (κ1) is 25.3. The molecule has 3 fully saturated rings. The van der Waals surface area contributed by atoms with Gasteiger partial charge in [0.15, 0.2) is 0 Å². The molecule has 7 nitrogen and oxygen atoms in total. The fourth-order valence-corrected chi connectivity index (χ4v) is 5.86. The molecule has 1 aromatic carbocycles. The van der Waals surface area contributed by atoms with Crippen LogP contribution >= 0.6 is 0 Å². The minimum atomic E-state index is 0.431. The van der Waals surface area contributed by atoms with E-state index < -0.39 is 0 Å². The van der Waals surface area contributed by atoms with Crippen molar-refractivity contribution in [2.24, 2.45) is 0 Å². The molecule has 0 unspecified atom stereocenters. The van der Waals surface area contributed by atoms with Crippen molar-refractivity contribution in [2.75, 3.05) is 63.1 Å². The lowest BCUT2D eigenvalue weighted by atomic mass is 10.0. The van der Waals surface area contributed by atoms with Gasteiger partial charge in [0.2, 0.25) is 5.95 Å². The molecule has 5 rings (SSSR count). The minimum Gasteiger partial charge on any atom is -0.496 e. The highest BCUT2D eigenvalue weighted by molar-refractivity contribution is 5.93. The van der Waals surface area contributed by atoms with Gasteiger partial charge in [0.1, 0.15) is 11.6 Å². The van der Waals surface area contributed by atoms with Gasteiger partial charge in [-0.1, -0.05) is 12.2 Å². The number of rotatable bonds is 9. The normalized spacial score (nSPS) is 20.4. The lowest BCUT2D eigenvalue weighted by Crippen LogP contribution is -2.42. The van der Waals surface area contributed by atoms with Crippen LogP contribution in [0.5, 0.6) is 5.75 Å². The third kappa shape index (κ3) is 5.94. The number of nitrogens with zero attached hydrogens (tertiary/aromatic N) is 5. The molecule has 0 bridgehead atoms. The van der Waals surface area contributed by atoms with Crippen LogP contribution in [0.4, 0.5) is 11.8 Å². The van der Waals surface area contributed by atoms with E-state index in [0.717, 1.165) is 86.0 Å². The molecule has 1 aromatic heterocycles. The molecule has 7 heteroatoms. The second-order valence-corrected chi connectivity index (χ2v) is 11.0. The first-order chi connectivity index (χ1) is 17.6. The highest BCUT2D eigenvalue weighted by atomic mass is 16.5. The zero-order valence-corrected chi connectivity index (χ0v) is 22.5. The third-order valence-electron chi connectivity index (χ3n) is 8.13. The second kappa shape index (κ2) is 11.8. The maximum atomic E-state index is 5.84. The van der Waals surface area contributed by atoms with Crippen molar-refractivity contribution >= 4 is 28.7 Å². The van der Waals surface area contributed by atoms with Crippen LogP contribution < -0.4 is 15.0 Å². The number of piperidine rings is 1. The number of anilines is 2. The SMILES string of the molecule is COc1cc2c(NC3CCN(C(C)C)CC3)nc(N3CCCC3)nc2cc1/C=C/CCN1CCCC1. The molecular weight excluding hydrogens is 448 g/mol. The van der Waals surface area contributed by atoms with Crippen molar-refractivity contribution in [1.29, 1.82) is 0 Å². The van der Waals surface area contributed by atoms with Gasteiger partial charge in [-0.3, -0.25) is 0 Å². The quantitative estimate of drug-likeness (QED) is 0.527. The number of aromatic nitrogens is 2. The summed E-state index contributed by atoms with van der Waals surface area (Å²) in [7, 11) is 1.76. The first-order valence-corrected chi connectivity index (χ1v) is 14.1. The van der Waals surface area contributed by atoms with E-state index in [4.69, 9.17) is 14.7 Å². The van der Waals surface area contributed by atoms with Gasteiger partial charge in [-0.25, -0.2) is 4.98 Å². The number of fused-ring (bicyclic) bond motifs is 1. The molecule has 36 heavy (non-hydrogen) atoms. The summed E-state index contributed by atoms with van der Waals surface area (Å²) in [5.74, 6) is 2.69. The average molecular weight is 493 g/mol. The van der Waals surface area contributed by atoms with E-state index in [2.05, 4.69) is 58.1 Å². The molecule has 0 atom stereocenters. The number of ether oxygens (including phenoxy) is 1. The molecule has 2 aromatic rings. The van der Waals surface area contributed by atoms with Gasteiger partial charge < -0.3 is 24.8 Å². The van der Waals surface area contributed by atoms with Crippen LogP contribution in [0.15, 0.2) is 18.2 Å². The Kier molecular flexibility index (Phi) is 8.27. The van der Waals surface area contributed by atoms with Crippen molar-refractivity contribution in [3.63, 3.8) is 0 Å². The lowest BCUT2D eigenvalue weighted by molar-refractivity contribution is 0.177. The molecule has 3 aliphatic rings. The molecule has 196 valence electrons. The Morgan fingerprint density at radius 2 is 1.72 bits per heavy atom. The Morgan fingerprint density at radius 3 is 2.42 bits per heavy atom. The number of likely N-dealkylation sites (tertiary alicyclic amines) is 2. The fourth-order valence-electron chi connectivity index (χ4n) is 5.86.